The van der Waals surface area contributed by atoms with Crippen LogP contribution in [0.5, 0.6) is 5.75 Å². The van der Waals surface area contributed by atoms with Crippen molar-refractivity contribution in [2.75, 3.05) is 38.0 Å². The van der Waals surface area contributed by atoms with Gasteiger partial charge in [0.1, 0.15) is 11.6 Å². The summed E-state index contributed by atoms with van der Waals surface area (Å²) in [5, 5.41) is 1.08. The highest BCUT2D eigenvalue weighted by molar-refractivity contribution is 8.00. The number of hydrogen-bond donors (Lipinski definition) is 1. The fourth-order valence-electron chi connectivity index (χ4n) is 4.23. The number of carbonyl (C=O) groups is 1. The molecule has 1 aliphatic heterocycles. The lowest BCUT2D eigenvalue weighted by Crippen LogP contribution is -2.48. The Morgan fingerprint density at radius 3 is 2.61 bits per heavy atom. The van der Waals surface area contributed by atoms with Crippen LogP contribution in [0.4, 0.5) is 10.1 Å². The molecule has 0 radical (unpaired) electrons. The second-order valence-electron chi connectivity index (χ2n) is 8.45. The number of aromatic nitrogens is 2. The molecule has 3 heterocycles. The number of amides is 1. The normalized spacial score (nSPS) is 14.1. The summed E-state index contributed by atoms with van der Waals surface area (Å²) in [6.45, 7) is 2.85. The number of carbonyl (C=O) groups excluding carboxylic acids is 1. The number of fused-ring (bicyclic) bond motifs is 1. The first-order valence-corrected chi connectivity index (χ1v) is 12.5. The highest BCUT2D eigenvalue weighted by atomic mass is 32.2. The van der Waals surface area contributed by atoms with Crippen LogP contribution in [-0.4, -0.2) is 59.0 Å². The Labute approximate surface area is 213 Å². The predicted molar refractivity (Wildman–Crippen MR) is 140 cm³/mol. The molecule has 0 spiro atoms. The van der Waals surface area contributed by atoms with Gasteiger partial charge in [-0.05, 0) is 48.3 Å². The first kappa shape index (κ1) is 24.0. The van der Waals surface area contributed by atoms with Crippen molar-refractivity contribution in [1.29, 1.82) is 0 Å². The van der Waals surface area contributed by atoms with Crippen molar-refractivity contribution in [1.82, 2.24) is 19.8 Å². The summed E-state index contributed by atoms with van der Waals surface area (Å²) in [5.41, 5.74) is 2.70. The third kappa shape index (κ3) is 5.27. The van der Waals surface area contributed by atoms with E-state index < -0.39 is 0 Å². The first-order chi connectivity index (χ1) is 17.6. The molecule has 0 saturated carbocycles. The zero-order valence-electron chi connectivity index (χ0n) is 19.9. The van der Waals surface area contributed by atoms with E-state index in [1.165, 1.54) is 18.0 Å². The van der Waals surface area contributed by atoms with E-state index in [-0.39, 0.29) is 11.7 Å². The SMILES string of the molecule is COc1cc(NSc2cccc3cccnc23)ccc1C(=O)N1CCN(Cc2ncccc2F)CC1. The molecule has 1 aliphatic rings. The van der Waals surface area contributed by atoms with Crippen LogP contribution in [0.3, 0.4) is 0 Å². The maximum absolute atomic E-state index is 13.9. The zero-order valence-corrected chi connectivity index (χ0v) is 20.7. The Hall–Kier alpha value is -3.69. The van der Waals surface area contributed by atoms with Gasteiger partial charge < -0.3 is 14.4 Å². The molecule has 2 aromatic carbocycles. The number of piperazine rings is 1. The van der Waals surface area contributed by atoms with Crippen LogP contribution >= 0.6 is 11.9 Å². The van der Waals surface area contributed by atoms with E-state index in [1.807, 2.05) is 47.4 Å². The number of anilines is 1. The zero-order chi connectivity index (χ0) is 24.9. The van der Waals surface area contributed by atoms with Crippen molar-refractivity contribution in [3.8, 4) is 5.75 Å². The topological polar surface area (TPSA) is 70.6 Å². The number of ether oxygens (including phenoxy) is 1. The Morgan fingerprint density at radius 2 is 1.81 bits per heavy atom. The number of benzene rings is 2. The fraction of sp³-hybridized carbons (Fsp3) is 0.222. The molecule has 5 rings (SSSR count). The standard InChI is InChI=1S/C27H26FN5O2S/c1-35-24-17-20(31-36-25-8-2-5-19-6-3-12-30-26(19)25)9-10-21(24)27(34)33-15-13-32(14-16-33)18-23-22(28)7-4-11-29-23/h2-12,17,31H,13-16,18H2,1H3. The van der Waals surface area contributed by atoms with Crippen LogP contribution in [-0.2, 0) is 6.54 Å². The van der Waals surface area contributed by atoms with Crippen LogP contribution in [0.2, 0.25) is 0 Å². The lowest BCUT2D eigenvalue weighted by molar-refractivity contribution is 0.0622. The number of nitrogens with one attached hydrogen (secondary N) is 1. The van der Waals surface area contributed by atoms with E-state index >= 15 is 0 Å². The number of para-hydroxylation sites is 1. The van der Waals surface area contributed by atoms with E-state index in [2.05, 4.69) is 19.6 Å². The molecule has 1 fully saturated rings. The quantitative estimate of drug-likeness (QED) is 0.362. The van der Waals surface area contributed by atoms with Gasteiger partial charge >= 0.3 is 0 Å². The number of halogens is 1. The number of methoxy groups -OCH3 is 1. The number of nitrogens with zero attached hydrogens (tertiary/aromatic N) is 4. The Kier molecular flexibility index (Phi) is 7.29. The van der Waals surface area contributed by atoms with Crippen LogP contribution in [0.15, 0.2) is 78.0 Å². The van der Waals surface area contributed by atoms with Gasteiger partial charge in [-0.25, -0.2) is 4.39 Å². The van der Waals surface area contributed by atoms with Gasteiger partial charge in [-0.3, -0.25) is 19.7 Å². The third-order valence-corrected chi connectivity index (χ3v) is 7.06. The predicted octanol–water partition coefficient (Wildman–Crippen LogP) is 4.85. The summed E-state index contributed by atoms with van der Waals surface area (Å²) in [5.74, 6) is 0.136. The summed E-state index contributed by atoms with van der Waals surface area (Å²) in [7, 11) is 1.57. The minimum atomic E-state index is -0.302. The Bertz CT molecular complexity index is 1370. The van der Waals surface area contributed by atoms with Gasteiger partial charge in [0.25, 0.3) is 5.91 Å². The van der Waals surface area contributed by atoms with E-state index in [0.717, 1.165) is 21.5 Å². The molecule has 0 unspecified atom stereocenters. The van der Waals surface area contributed by atoms with E-state index in [1.54, 1.807) is 31.6 Å². The molecular formula is C27H26FN5O2S. The average molecular weight is 504 g/mol. The summed E-state index contributed by atoms with van der Waals surface area (Å²) < 4.78 is 22.8. The van der Waals surface area contributed by atoms with Gasteiger partial charge in [-0.2, -0.15) is 0 Å². The lowest BCUT2D eigenvalue weighted by Gasteiger charge is -2.34. The summed E-state index contributed by atoms with van der Waals surface area (Å²) in [6.07, 6.45) is 3.38. The van der Waals surface area contributed by atoms with Crippen molar-refractivity contribution < 1.29 is 13.9 Å². The van der Waals surface area contributed by atoms with Gasteiger partial charge in [0.15, 0.2) is 0 Å². The molecule has 1 amide bonds. The van der Waals surface area contributed by atoms with E-state index in [4.69, 9.17) is 4.74 Å². The molecule has 4 aromatic rings. The summed E-state index contributed by atoms with van der Waals surface area (Å²) >= 11 is 1.47. The molecule has 9 heteroatoms. The third-order valence-electron chi connectivity index (χ3n) is 6.17. The van der Waals surface area contributed by atoms with Crippen molar-refractivity contribution in [3.63, 3.8) is 0 Å². The maximum Gasteiger partial charge on any atom is 0.257 e. The molecule has 0 atom stereocenters. The van der Waals surface area contributed by atoms with Gasteiger partial charge in [0.2, 0.25) is 0 Å². The number of hydrogen-bond acceptors (Lipinski definition) is 7. The monoisotopic (exact) mass is 503 g/mol. The first-order valence-electron chi connectivity index (χ1n) is 11.7. The molecule has 0 bridgehead atoms. The number of pyridine rings is 2. The van der Waals surface area contributed by atoms with Crippen LogP contribution in [0, 0.1) is 5.82 Å². The summed E-state index contributed by atoms with van der Waals surface area (Å²) in [6, 6.07) is 18.5. The molecule has 1 saturated heterocycles. The molecule has 2 aromatic heterocycles. The van der Waals surface area contributed by atoms with E-state index in [0.29, 0.717) is 49.7 Å². The van der Waals surface area contributed by atoms with Gasteiger partial charge in [0.05, 0.1) is 28.8 Å². The molecule has 1 N–H and O–H groups in total. The molecule has 0 aliphatic carbocycles. The highest BCUT2D eigenvalue weighted by Gasteiger charge is 2.25. The lowest BCUT2D eigenvalue weighted by atomic mass is 10.1. The number of rotatable bonds is 7. The van der Waals surface area contributed by atoms with Crippen molar-refractivity contribution >= 4 is 34.4 Å². The van der Waals surface area contributed by atoms with Crippen LogP contribution in [0.25, 0.3) is 10.9 Å². The van der Waals surface area contributed by atoms with Crippen LogP contribution in [0.1, 0.15) is 16.1 Å². The minimum absolute atomic E-state index is 0.0760. The Morgan fingerprint density at radius 1 is 1.03 bits per heavy atom. The van der Waals surface area contributed by atoms with Gasteiger partial charge in [-0.1, -0.05) is 18.2 Å². The highest BCUT2D eigenvalue weighted by Crippen LogP contribution is 2.30. The molecule has 184 valence electrons. The second kappa shape index (κ2) is 10.9. The van der Waals surface area contributed by atoms with Gasteiger partial charge in [-0.15, -0.1) is 0 Å². The van der Waals surface area contributed by atoms with Crippen molar-refractivity contribution in [2.24, 2.45) is 0 Å². The molecule has 7 nitrogen and oxygen atoms in total. The summed E-state index contributed by atoms with van der Waals surface area (Å²) in [4.78, 5) is 26.8. The molecular weight excluding hydrogens is 477 g/mol. The maximum atomic E-state index is 13.9. The van der Waals surface area contributed by atoms with Crippen molar-refractivity contribution in [2.45, 2.75) is 11.4 Å². The van der Waals surface area contributed by atoms with Gasteiger partial charge in [0, 0.05) is 62.3 Å². The minimum Gasteiger partial charge on any atom is -0.496 e. The largest absolute Gasteiger partial charge is 0.496 e. The van der Waals surface area contributed by atoms with Crippen LogP contribution < -0.4 is 9.46 Å². The fourth-order valence-corrected chi connectivity index (χ4v) is 5.00. The molecule has 36 heavy (non-hydrogen) atoms. The average Bonchev–Trinajstić information content (AvgIpc) is 2.93. The smallest absolute Gasteiger partial charge is 0.257 e. The Balaban J connectivity index is 1.22. The van der Waals surface area contributed by atoms with Crippen molar-refractivity contribution in [3.05, 3.63) is 90.1 Å². The second-order valence-corrected chi connectivity index (χ2v) is 9.30. The van der Waals surface area contributed by atoms with E-state index in [9.17, 15) is 9.18 Å².